The summed E-state index contributed by atoms with van der Waals surface area (Å²) in [6, 6.07) is 4.91. The summed E-state index contributed by atoms with van der Waals surface area (Å²) in [6.45, 7) is 3.16. The minimum atomic E-state index is 0.308. The molecule has 3 rings (SSSR count). The number of aromatic amines is 1. The van der Waals surface area contributed by atoms with E-state index in [2.05, 4.69) is 34.6 Å². The van der Waals surface area contributed by atoms with Gasteiger partial charge in [0.2, 0.25) is 0 Å². The van der Waals surface area contributed by atoms with Crippen LogP contribution in [-0.4, -0.2) is 22.8 Å². The van der Waals surface area contributed by atoms with E-state index in [-0.39, 0.29) is 0 Å². The summed E-state index contributed by atoms with van der Waals surface area (Å²) in [5.41, 5.74) is 9.84. The fourth-order valence-electron chi connectivity index (χ4n) is 2.78. The van der Waals surface area contributed by atoms with E-state index in [4.69, 9.17) is 5.73 Å². The Morgan fingerprint density at radius 3 is 3.12 bits per heavy atom. The van der Waals surface area contributed by atoms with Crippen molar-refractivity contribution in [2.45, 2.75) is 31.8 Å². The normalized spacial score (nSPS) is 25.3. The van der Waals surface area contributed by atoms with Crippen LogP contribution in [0.4, 0.5) is 0 Å². The van der Waals surface area contributed by atoms with E-state index in [0.717, 1.165) is 24.9 Å². The molecule has 1 aromatic carbocycles. The topological polar surface area (TPSA) is 66.7 Å². The van der Waals surface area contributed by atoms with Crippen LogP contribution in [0.3, 0.4) is 0 Å². The molecule has 4 heteroatoms. The Labute approximate surface area is 101 Å². The van der Waals surface area contributed by atoms with Crippen LogP contribution in [0.25, 0.3) is 10.9 Å². The fourth-order valence-corrected chi connectivity index (χ4v) is 2.78. The molecule has 2 unspecified atom stereocenters. The van der Waals surface area contributed by atoms with Crippen molar-refractivity contribution in [3.63, 3.8) is 0 Å². The molecule has 1 saturated heterocycles. The van der Waals surface area contributed by atoms with Crippen LogP contribution < -0.4 is 11.1 Å². The molecular weight excluding hydrogens is 212 g/mol. The number of piperidine rings is 1. The molecule has 0 saturated carbocycles. The summed E-state index contributed by atoms with van der Waals surface area (Å²) in [6.07, 6.45) is 3.99. The highest BCUT2D eigenvalue weighted by Crippen LogP contribution is 2.30. The smallest absolute Gasteiger partial charge is 0.0653 e. The lowest BCUT2D eigenvalue weighted by Gasteiger charge is -2.29. The fraction of sp³-hybridized carbons (Fsp3) is 0.462. The van der Waals surface area contributed by atoms with Crippen molar-refractivity contribution in [3.05, 3.63) is 29.5 Å². The molecule has 4 nitrogen and oxygen atoms in total. The molecule has 90 valence electrons. The molecule has 4 N–H and O–H groups in total. The summed E-state index contributed by atoms with van der Waals surface area (Å²) >= 11 is 0. The summed E-state index contributed by atoms with van der Waals surface area (Å²) in [4.78, 5) is 0. The van der Waals surface area contributed by atoms with Crippen LogP contribution in [0.15, 0.2) is 18.3 Å². The number of benzene rings is 1. The standard InChI is InChI=1S/C13H18N4/c1-8-2-3-11-10(7-16-17-11)13(8)12-6-9(14)4-5-15-12/h2-3,7,9,12,15H,4-6,14H2,1H3,(H,16,17). The Balaban J connectivity index is 2.08. The lowest BCUT2D eigenvalue weighted by molar-refractivity contribution is 0.370. The monoisotopic (exact) mass is 230 g/mol. The number of aromatic nitrogens is 2. The Bertz CT molecular complexity index is 531. The van der Waals surface area contributed by atoms with Crippen LogP contribution in [0.2, 0.25) is 0 Å². The average Bonchev–Trinajstić information content (AvgIpc) is 2.76. The Morgan fingerprint density at radius 2 is 2.29 bits per heavy atom. The number of nitrogens with one attached hydrogen (secondary N) is 2. The molecule has 1 fully saturated rings. The number of fused-ring (bicyclic) bond motifs is 1. The molecule has 17 heavy (non-hydrogen) atoms. The van der Waals surface area contributed by atoms with Gasteiger partial charge in [0.25, 0.3) is 0 Å². The van der Waals surface area contributed by atoms with E-state index in [0.29, 0.717) is 12.1 Å². The number of H-pyrrole nitrogens is 1. The van der Waals surface area contributed by atoms with Crippen molar-refractivity contribution in [2.75, 3.05) is 6.54 Å². The first kappa shape index (κ1) is 10.7. The van der Waals surface area contributed by atoms with Crippen molar-refractivity contribution in [3.8, 4) is 0 Å². The number of nitrogens with two attached hydrogens (primary N) is 1. The molecular formula is C13H18N4. The number of aryl methyl sites for hydroxylation is 1. The van der Waals surface area contributed by atoms with Gasteiger partial charge in [0.1, 0.15) is 0 Å². The molecule has 0 aliphatic carbocycles. The summed E-state index contributed by atoms with van der Waals surface area (Å²) < 4.78 is 0. The van der Waals surface area contributed by atoms with Gasteiger partial charge in [-0.2, -0.15) is 5.10 Å². The Hall–Kier alpha value is -1.39. The van der Waals surface area contributed by atoms with Gasteiger partial charge in [-0.1, -0.05) is 6.07 Å². The summed E-state index contributed by atoms with van der Waals surface area (Å²) in [7, 11) is 0. The maximum atomic E-state index is 6.07. The maximum Gasteiger partial charge on any atom is 0.0653 e. The summed E-state index contributed by atoms with van der Waals surface area (Å²) in [5.74, 6) is 0. The van der Waals surface area contributed by atoms with Crippen molar-refractivity contribution in [1.82, 2.24) is 15.5 Å². The third kappa shape index (κ3) is 1.83. The van der Waals surface area contributed by atoms with E-state index in [1.807, 2.05) is 6.20 Å². The van der Waals surface area contributed by atoms with Gasteiger partial charge in [0, 0.05) is 17.5 Å². The van der Waals surface area contributed by atoms with Crippen molar-refractivity contribution >= 4 is 10.9 Å². The molecule has 1 aliphatic heterocycles. The zero-order valence-electron chi connectivity index (χ0n) is 10.0. The van der Waals surface area contributed by atoms with Crippen molar-refractivity contribution in [1.29, 1.82) is 0 Å². The number of hydrogen-bond acceptors (Lipinski definition) is 3. The first-order chi connectivity index (χ1) is 8.25. The van der Waals surface area contributed by atoms with E-state index >= 15 is 0 Å². The van der Waals surface area contributed by atoms with Gasteiger partial charge >= 0.3 is 0 Å². The highest BCUT2D eigenvalue weighted by atomic mass is 15.1. The first-order valence-electron chi connectivity index (χ1n) is 6.17. The second-order valence-corrected chi connectivity index (χ2v) is 4.92. The van der Waals surface area contributed by atoms with Gasteiger partial charge in [-0.3, -0.25) is 5.10 Å². The zero-order chi connectivity index (χ0) is 11.8. The molecule has 2 heterocycles. The molecule has 1 aromatic heterocycles. The van der Waals surface area contributed by atoms with E-state index in [9.17, 15) is 0 Å². The van der Waals surface area contributed by atoms with Crippen LogP contribution in [-0.2, 0) is 0 Å². The van der Waals surface area contributed by atoms with E-state index < -0.39 is 0 Å². The van der Waals surface area contributed by atoms with Gasteiger partial charge in [0.05, 0.1) is 11.7 Å². The van der Waals surface area contributed by atoms with Crippen LogP contribution in [0, 0.1) is 6.92 Å². The minimum Gasteiger partial charge on any atom is -0.328 e. The summed E-state index contributed by atoms with van der Waals surface area (Å²) in [5, 5.41) is 11.9. The zero-order valence-corrected chi connectivity index (χ0v) is 10.0. The molecule has 0 bridgehead atoms. The second-order valence-electron chi connectivity index (χ2n) is 4.92. The molecule has 0 radical (unpaired) electrons. The van der Waals surface area contributed by atoms with Gasteiger partial charge in [-0.05, 0) is 43.5 Å². The molecule has 2 aromatic rings. The lowest BCUT2D eigenvalue weighted by atomic mass is 9.90. The third-order valence-electron chi connectivity index (χ3n) is 3.68. The number of rotatable bonds is 1. The largest absolute Gasteiger partial charge is 0.328 e. The SMILES string of the molecule is Cc1ccc2[nH]ncc2c1C1CC(N)CCN1. The lowest BCUT2D eigenvalue weighted by Crippen LogP contribution is -2.38. The van der Waals surface area contributed by atoms with Crippen LogP contribution in [0.5, 0.6) is 0 Å². The molecule has 0 spiro atoms. The maximum absolute atomic E-state index is 6.07. The van der Waals surface area contributed by atoms with Crippen molar-refractivity contribution < 1.29 is 0 Å². The van der Waals surface area contributed by atoms with Gasteiger partial charge in [-0.15, -0.1) is 0 Å². The van der Waals surface area contributed by atoms with E-state index in [1.165, 1.54) is 16.5 Å². The van der Waals surface area contributed by atoms with Crippen LogP contribution in [0.1, 0.15) is 30.0 Å². The highest BCUT2D eigenvalue weighted by molar-refractivity contribution is 5.83. The molecule has 0 amide bonds. The predicted octanol–water partition coefficient (Wildman–Crippen LogP) is 1.62. The predicted molar refractivity (Wildman–Crippen MR) is 68.8 cm³/mol. The Morgan fingerprint density at radius 1 is 1.41 bits per heavy atom. The van der Waals surface area contributed by atoms with Gasteiger partial charge in [-0.25, -0.2) is 0 Å². The molecule has 1 aliphatic rings. The van der Waals surface area contributed by atoms with E-state index in [1.54, 1.807) is 0 Å². The Kier molecular flexibility index (Phi) is 2.61. The number of hydrogen-bond donors (Lipinski definition) is 3. The highest BCUT2D eigenvalue weighted by Gasteiger charge is 2.23. The minimum absolute atomic E-state index is 0.308. The quantitative estimate of drug-likeness (QED) is 0.697. The first-order valence-corrected chi connectivity index (χ1v) is 6.17. The van der Waals surface area contributed by atoms with Crippen LogP contribution >= 0.6 is 0 Å². The van der Waals surface area contributed by atoms with Gasteiger partial charge in [0.15, 0.2) is 0 Å². The average molecular weight is 230 g/mol. The molecule has 2 atom stereocenters. The number of nitrogens with zero attached hydrogens (tertiary/aromatic N) is 1. The third-order valence-corrected chi connectivity index (χ3v) is 3.68. The van der Waals surface area contributed by atoms with Crippen molar-refractivity contribution in [2.24, 2.45) is 5.73 Å². The van der Waals surface area contributed by atoms with Gasteiger partial charge < -0.3 is 11.1 Å². The second kappa shape index (κ2) is 4.13.